The van der Waals surface area contributed by atoms with E-state index in [-0.39, 0.29) is 6.29 Å². The van der Waals surface area contributed by atoms with Crippen LogP contribution in [-0.4, -0.2) is 31.8 Å². The molecule has 2 heterocycles. The number of fused-ring (bicyclic) bond motifs is 1. The van der Waals surface area contributed by atoms with Gasteiger partial charge in [0.1, 0.15) is 5.75 Å². The average molecular weight is 399 g/mol. The maximum Gasteiger partial charge on any atom is 0.187 e. The van der Waals surface area contributed by atoms with Crippen molar-refractivity contribution in [1.29, 1.82) is 0 Å². The first-order chi connectivity index (χ1) is 14.2. The van der Waals surface area contributed by atoms with Crippen molar-refractivity contribution in [3.63, 3.8) is 0 Å². The van der Waals surface area contributed by atoms with Crippen LogP contribution >= 0.6 is 0 Å². The highest BCUT2D eigenvalue weighted by atomic mass is 16.7. The summed E-state index contributed by atoms with van der Waals surface area (Å²) in [6.07, 6.45) is 4.99. The van der Waals surface area contributed by atoms with E-state index in [9.17, 15) is 0 Å². The van der Waals surface area contributed by atoms with E-state index in [1.54, 1.807) is 7.11 Å². The molecule has 1 aliphatic heterocycles. The van der Waals surface area contributed by atoms with Crippen molar-refractivity contribution in [2.45, 2.75) is 58.8 Å². The van der Waals surface area contributed by atoms with Crippen LogP contribution < -0.4 is 10.1 Å². The van der Waals surface area contributed by atoms with Crippen LogP contribution in [0.25, 0.3) is 0 Å². The Hall–Kier alpha value is -1.95. The molecule has 5 nitrogen and oxygen atoms in total. The summed E-state index contributed by atoms with van der Waals surface area (Å²) in [5.74, 6) is 0.833. The van der Waals surface area contributed by atoms with E-state index < -0.39 is 0 Å². The Kier molecular flexibility index (Phi) is 8.47. The molecule has 1 aliphatic rings. The van der Waals surface area contributed by atoms with E-state index in [1.807, 2.05) is 13.0 Å². The molecule has 5 heteroatoms. The van der Waals surface area contributed by atoms with Crippen LogP contribution in [0.3, 0.4) is 0 Å². The Morgan fingerprint density at radius 3 is 2.69 bits per heavy atom. The van der Waals surface area contributed by atoms with E-state index in [1.165, 1.54) is 18.4 Å². The number of benzene rings is 1. The fourth-order valence-corrected chi connectivity index (χ4v) is 3.72. The van der Waals surface area contributed by atoms with Gasteiger partial charge < -0.3 is 19.5 Å². The van der Waals surface area contributed by atoms with E-state index in [4.69, 9.17) is 19.2 Å². The number of aryl methyl sites for hydroxylation is 1. The number of nitrogens with one attached hydrogen (secondary N) is 1. The second kappa shape index (κ2) is 11.3. The van der Waals surface area contributed by atoms with Gasteiger partial charge in [-0.3, -0.25) is 4.98 Å². The van der Waals surface area contributed by atoms with Crippen LogP contribution in [0.15, 0.2) is 30.3 Å². The molecule has 29 heavy (non-hydrogen) atoms. The Bertz CT molecular complexity index is 764. The van der Waals surface area contributed by atoms with Crippen LogP contribution in [0, 0.1) is 6.92 Å². The number of unbranched alkanes of at least 4 members (excludes halogenated alkanes) is 2. The first-order valence-corrected chi connectivity index (χ1v) is 10.8. The van der Waals surface area contributed by atoms with Crippen LogP contribution in [0.5, 0.6) is 5.75 Å². The van der Waals surface area contributed by atoms with Crippen LogP contribution in [0.4, 0.5) is 0 Å². The maximum absolute atomic E-state index is 6.19. The third kappa shape index (κ3) is 5.78. The molecule has 1 aromatic carbocycles. The average Bonchev–Trinajstić information content (AvgIpc) is 3.17. The molecule has 1 unspecified atom stereocenters. The summed E-state index contributed by atoms with van der Waals surface area (Å²) in [6.45, 7) is 7.57. The Balaban J connectivity index is 1.67. The van der Waals surface area contributed by atoms with Crippen LogP contribution in [0.1, 0.15) is 67.0 Å². The predicted molar refractivity (Wildman–Crippen MR) is 115 cm³/mol. The summed E-state index contributed by atoms with van der Waals surface area (Å²) in [5.41, 5.74) is 5.33. The largest absolute Gasteiger partial charge is 0.491 e. The lowest BCUT2D eigenvalue weighted by molar-refractivity contribution is -0.119. The molecule has 1 atom stereocenters. The van der Waals surface area contributed by atoms with Crippen LogP contribution in [0.2, 0.25) is 0 Å². The number of pyridine rings is 1. The standard InChI is InChI=1S/C24H34N2O3/c1-4-5-13-25-14-9-10-15-28-23-18(2)26-21(16-19-11-7-6-8-12-19)20-17-29-24(27-3)22(20)23/h6-8,11-12,24-25H,4-5,9-10,13-17H2,1-3H3. The summed E-state index contributed by atoms with van der Waals surface area (Å²) in [6, 6.07) is 10.4. The van der Waals surface area contributed by atoms with Gasteiger partial charge in [-0.1, -0.05) is 43.7 Å². The minimum atomic E-state index is -0.382. The second-order valence-electron chi connectivity index (χ2n) is 7.57. The van der Waals surface area contributed by atoms with Crippen molar-refractivity contribution in [3.05, 3.63) is 58.4 Å². The summed E-state index contributed by atoms with van der Waals surface area (Å²) in [4.78, 5) is 4.88. The first kappa shape index (κ1) is 21.8. The van der Waals surface area contributed by atoms with E-state index >= 15 is 0 Å². The van der Waals surface area contributed by atoms with Crippen molar-refractivity contribution in [3.8, 4) is 5.75 Å². The smallest absolute Gasteiger partial charge is 0.187 e. The molecule has 0 fully saturated rings. The van der Waals surface area contributed by atoms with Gasteiger partial charge in [-0.25, -0.2) is 0 Å². The monoisotopic (exact) mass is 398 g/mol. The third-order valence-electron chi connectivity index (χ3n) is 5.29. The minimum Gasteiger partial charge on any atom is -0.491 e. The fraction of sp³-hybridized carbons (Fsp3) is 0.542. The highest BCUT2D eigenvalue weighted by Gasteiger charge is 2.32. The topological polar surface area (TPSA) is 52.6 Å². The van der Waals surface area contributed by atoms with Gasteiger partial charge >= 0.3 is 0 Å². The zero-order valence-electron chi connectivity index (χ0n) is 18.0. The number of nitrogens with zero attached hydrogens (tertiary/aromatic N) is 1. The molecule has 0 spiro atoms. The Morgan fingerprint density at radius 1 is 1.14 bits per heavy atom. The molecule has 0 radical (unpaired) electrons. The van der Waals surface area contributed by atoms with Gasteiger partial charge in [0, 0.05) is 19.1 Å². The zero-order valence-corrected chi connectivity index (χ0v) is 18.0. The quantitative estimate of drug-likeness (QED) is 0.525. The predicted octanol–water partition coefficient (Wildman–Crippen LogP) is 4.70. The molecule has 3 rings (SSSR count). The molecular weight excluding hydrogens is 364 g/mol. The van der Waals surface area contributed by atoms with Crippen molar-refractivity contribution in [2.24, 2.45) is 0 Å². The highest BCUT2D eigenvalue weighted by molar-refractivity contribution is 5.48. The van der Waals surface area contributed by atoms with E-state index in [0.717, 1.165) is 60.6 Å². The van der Waals surface area contributed by atoms with Gasteiger partial charge in [-0.15, -0.1) is 0 Å². The van der Waals surface area contributed by atoms with Gasteiger partial charge in [0.2, 0.25) is 0 Å². The number of hydrogen-bond donors (Lipinski definition) is 1. The van der Waals surface area contributed by atoms with Gasteiger partial charge in [-0.2, -0.15) is 0 Å². The summed E-state index contributed by atoms with van der Waals surface area (Å²) < 4.78 is 17.7. The van der Waals surface area contributed by atoms with Gasteiger partial charge in [0.25, 0.3) is 0 Å². The van der Waals surface area contributed by atoms with Gasteiger partial charge in [-0.05, 0) is 44.8 Å². The maximum atomic E-state index is 6.19. The molecule has 0 saturated carbocycles. The van der Waals surface area contributed by atoms with Crippen LogP contribution in [-0.2, 0) is 22.5 Å². The summed E-state index contributed by atoms with van der Waals surface area (Å²) in [7, 11) is 1.68. The number of hydrogen-bond acceptors (Lipinski definition) is 5. The SMILES string of the molecule is CCCCNCCCCOc1c(C)nc(Cc2ccccc2)c2c1C(OC)OC2. The van der Waals surface area contributed by atoms with E-state index in [0.29, 0.717) is 13.2 Å². The lowest BCUT2D eigenvalue weighted by atomic mass is 10.0. The highest BCUT2D eigenvalue weighted by Crippen LogP contribution is 2.41. The second-order valence-corrected chi connectivity index (χ2v) is 7.57. The summed E-state index contributed by atoms with van der Waals surface area (Å²) in [5, 5.41) is 3.48. The Morgan fingerprint density at radius 2 is 1.93 bits per heavy atom. The zero-order chi connectivity index (χ0) is 20.5. The fourth-order valence-electron chi connectivity index (χ4n) is 3.72. The molecule has 2 aromatic rings. The molecule has 158 valence electrons. The lowest BCUT2D eigenvalue weighted by Crippen LogP contribution is -2.17. The molecule has 1 N–H and O–H groups in total. The molecule has 0 aliphatic carbocycles. The molecule has 0 bridgehead atoms. The number of ether oxygens (including phenoxy) is 3. The number of rotatable bonds is 12. The molecule has 0 amide bonds. The summed E-state index contributed by atoms with van der Waals surface area (Å²) >= 11 is 0. The third-order valence-corrected chi connectivity index (χ3v) is 5.29. The Labute approximate surface area is 174 Å². The van der Waals surface area contributed by atoms with Gasteiger partial charge in [0.15, 0.2) is 6.29 Å². The minimum absolute atomic E-state index is 0.382. The van der Waals surface area contributed by atoms with Gasteiger partial charge in [0.05, 0.1) is 30.2 Å². The number of aromatic nitrogens is 1. The lowest BCUT2D eigenvalue weighted by Gasteiger charge is -2.18. The normalized spacial score (nSPS) is 15.5. The molecule has 0 saturated heterocycles. The van der Waals surface area contributed by atoms with E-state index in [2.05, 4.69) is 36.5 Å². The molecule has 1 aromatic heterocycles. The van der Waals surface area contributed by atoms with Crippen molar-refractivity contribution < 1.29 is 14.2 Å². The first-order valence-electron chi connectivity index (χ1n) is 10.8. The van der Waals surface area contributed by atoms with Crippen molar-refractivity contribution in [2.75, 3.05) is 26.8 Å². The van der Waals surface area contributed by atoms with Crippen molar-refractivity contribution >= 4 is 0 Å². The molecular formula is C24H34N2O3. The number of methoxy groups -OCH3 is 1. The van der Waals surface area contributed by atoms with Crippen molar-refractivity contribution in [1.82, 2.24) is 10.3 Å².